The molecule has 5 rings (SSSR count). The second-order valence-electron chi connectivity index (χ2n) is 13.6. The number of nitrogens with two attached hydrogens (primary N) is 1. The average molecular weight is 671 g/mol. The summed E-state index contributed by atoms with van der Waals surface area (Å²) in [4.78, 5) is 43.1. The van der Waals surface area contributed by atoms with Crippen molar-refractivity contribution in [3.63, 3.8) is 0 Å². The second-order valence-corrected chi connectivity index (χ2v) is 13.6. The highest BCUT2D eigenvalue weighted by Gasteiger charge is 2.31. The number of nitrogens with one attached hydrogen (secondary N) is 3. The molecule has 1 aliphatic heterocycles. The van der Waals surface area contributed by atoms with E-state index in [0.717, 1.165) is 31.2 Å². The topological polar surface area (TPSA) is 149 Å². The molecular weight excluding hydrogens is 620 g/mol. The molecule has 11 nitrogen and oxygen atoms in total. The van der Waals surface area contributed by atoms with Gasteiger partial charge in [-0.15, -0.1) is 0 Å². The molecule has 4 amide bonds. The number of para-hydroxylation sites is 2. The lowest BCUT2D eigenvalue weighted by Crippen LogP contribution is -2.47. The van der Waals surface area contributed by atoms with Crippen molar-refractivity contribution in [2.24, 2.45) is 5.92 Å². The largest absolute Gasteiger partial charge is 0.488 e. The molecule has 0 spiro atoms. The van der Waals surface area contributed by atoms with Crippen LogP contribution in [0.2, 0.25) is 0 Å². The fourth-order valence-corrected chi connectivity index (χ4v) is 6.57. The van der Waals surface area contributed by atoms with E-state index in [4.69, 9.17) is 10.5 Å². The summed E-state index contributed by atoms with van der Waals surface area (Å²) in [6, 6.07) is 19.6. The van der Waals surface area contributed by atoms with Crippen LogP contribution in [0, 0.1) is 5.92 Å². The van der Waals surface area contributed by atoms with Gasteiger partial charge in [0.1, 0.15) is 11.9 Å². The third-order valence-electron chi connectivity index (χ3n) is 9.48. The van der Waals surface area contributed by atoms with Gasteiger partial charge in [0, 0.05) is 48.4 Å². The molecular formula is C38H50N6O5. The van der Waals surface area contributed by atoms with Crippen molar-refractivity contribution in [3.8, 4) is 5.75 Å². The van der Waals surface area contributed by atoms with Crippen molar-refractivity contribution in [2.75, 3.05) is 43.1 Å². The van der Waals surface area contributed by atoms with Crippen molar-refractivity contribution in [2.45, 2.75) is 77.1 Å². The van der Waals surface area contributed by atoms with Gasteiger partial charge in [-0.1, -0.05) is 50.5 Å². The van der Waals surface area contributed by atoms with E-state index in [9.17, 15) is 19.5 Å². The Kier molecular flexibility index (Phi) is 12.1. The molecule has 0 unspecified atom stereocenters. The van der Waals surface area contributed by atoms with Crippen LogP contribution in [-0.2, 0) is 17.8 Å². The first-order chi connectivity index (χ1) is 23.6. The van der Waals surface area contributed by atoms with Crippen molar-refractivity contribution in [1.82, 2.24) is 15.1 Å². The van der Waals surface area contributed by atoms with E-state index in [1.807, 2.05) is 56.4 Å². The van der Waals surface area contributed by atoms with Gasteiger partial charge in [0.25, 0.3) is 5.91 Å². The molecule has 3 atom stereocenters. The number of rotatable bonds is 10. The number of likely N-dealkylation sites (N-methyl/N-ethyl adjacent to an activating group) is 1. The van der Waals surface area contributed by atoms with Gasteiger partial charge in [-0.25, -0.2) is 4.79 Å². The summed E-state index contributed by atoms with van der Waals surface area (Å²) in [6.07, 6.45) is 5.23. The number of nitrogen functional groups attached to an aromatic ring is 1. The summed E-state index contributed by atoms with van der Waals surface area (Å²) in [7, 11) is 2.01. The number of amides is 4. The first-order valence-electron chi connectivity index (χ1n) is 17.3. The Balaban J connectivity index is 1.27. The molecule has 0 bridgehead atoms. The van der Waals surface area contributed by atoms with Gasteiger partial charge in [0.15, 0.2) is 0 Å². The Hall–Kier alpha value is -4.61. The van der Waals surface area contributed by atoms with E-state index in [1.54, 1.807) is 29.2 Å². The SMILES string of the molecule is C[C@@H]1CN([C@H](C)CO)C(=O)Cc2cc(NC(=O)NC3CCCCC3)ccc2O[C@H]1CN(C)Cc1ccc(C(=O)Nc2ccccc2N)cc1. The minimum absolute atomic E-state index is 0.0538. The highest BCUT2D eigenvalue weighted by molar-refractivity contribution is 6.05. The summed E-state index contributed by atoms with van der Waals surface area (Å²) >= 11 is 0. The Morgan fingerprint density at radius 3 is 2.49 bits per heavy atom. The van der Waals surface area contributed by atoms with Gasteiger partial charge < -0.3 is 36.4 Å². The number of nitrogens with zero attached hydrogens (tertiary/aromatic N) is 2. The first-order valence-corrected chi connectivity index (χ1v) is 17.3. The lowest BCUT2D eigenvalue weighted by molar-refractivity contribution is -0.134. The Morgan fingerprint density at radius 1 is 1.04 bits per heavy atom. The Morgan fingerprint density at radius 2 is 1.78 bits per heavy atom. The smallest absolute Gasteiger partial charge is 0.319 e. The van der Waals surface area contributed by atoms with Crippen molar-refractivity contribution < 1.29 is 24.2 Å². The molecule has 11 heteroatoms. The Bertz CT molecular complexity index is 1590. The molecule has 1 saturated carbocycles. The van der Waals surface area contributed by atoms with Crippen molar-refractivity contribution >= 4 is 34.9 Å². The molecule has 0 aromatic heterocycles. The predicted molar refractivity (Wildman–Crippen MR) is 193 cm³/mol. The van der Waals surface area contributed by atoms with E-state index < -0.39 is 0 Å². The van der Waals surface area contributed by atoms with Gasteiger partial charge in [0.2, 0.25) is 5.91 Å². The highest BCUT2D eigenvalue weighted by Crippen LogP contribution is 2.30. The minimum Gasteiger partial charge on any atom is -0.488 e. The molecule has 3 aromatic carbocycles. The maximum absolute atomic E-state index is 13.6. The zero-order chi connectivity index (χ0) is 34.9. The second kappa shape index (κ2) is 16.7. The molecule has 2 aliphatic rings. The van der Waals surface area contributed by atoms with Crippen molar-refractivity contribution in [1.29, 1.82) is 0 Å². The standard InChI is InChI=1S/C38H50N6O5/c1-25-21-44(26(2)24-45)36(46)20-29-19-31(41-38(48)40-30-9-5-4-6-10-30)17-18-34(29)49-35(25)23-43(3)22-27-13-15-28(16-14-27)37(47)42-33-12-8-7-11-32(33)39/h7-8,11-19,25-26,30,35,45H,4-6,9-10,20-24,39H2,1-3H3,(H,42,47)(H2,40,41,48)/t25-,26-,35+/m1/s1. The third-order valence-corrected chi connectivity index (χ3v) is 9.48. The number of urea groups is 1. The normalized spacial score (nSPS) is 19.1. The van der Waals surface area contributed by atoms with E-state index in [1.165, 1.54) is 6.42 Å². The van der Waals surface area contributed by atoms with E-state index >= 15 is 0 Å². The number of aliphatic hydroxyl groups excluding tert-OH is 1. The molecule has 0 radical (unpaired) electrons. The summed E-state index contributed by atoms with van der Waals surface area (Å²) in [6.45, 7) is 5.37. The molecule has 0 saturated heterocycles. The number of hydrogen-bond acceptors (Lipinski definition) is 7. The van der Waals surface area contributed by atoms with Gasteiger partial charge in [-0.05, 0) is 74.8 Å². The lowest BCUT2D eigenvalue weighted by Gasteiger charge is -2.34. The van der Waals surface area contributed by atoms with Crippen LogP contribution in [0.4, 0.5) is 21.9 Å². The van der Waals surface area contributed by atoms with Crippen LogP contribution < -0.4 is 26.4 Å². The van der Waals surface area contributed by atoms with Crippen LogP contribution in [0.3, 0.4) is 0 Å². The third kappa shape index (κ3) is 9.73. The molecule has 1 heterocycles. The number of aliphatic hydroxyl groups is 1. The fraction of sp³-hybridized carbons (Fsp3) is 0.447. The fourth-order valence-electron chi connectivity index (χ4n) is 6.57. The van der Waals surface area contributed by atoms with Crippen LogP contribution in [0.15, 0.2) is 66.7 Å². The maximum atomic E-state index is 13.6. The molecule has 6 N–H and O–H groups in total. The predicted octanol–water partition coefficient (Wildman–Crippen LogP) is 5.26. The zero-order valence-electron chi connectivity index (χ0n) is 28.8. The summed E-state index contributed by atoms with van der Waals surface area (Å²) in [5.74, 6) is 0.213. The number of carbonyl (C=O) groups excluding carboxylic acids is 3. The lowest BCUT2D eigenvalue weighted by atomic mass is 9.96. The van der Waals surface area contributed by atoms with Gasteiger partial charge in [-0.3, -0.25) is 14.5 Å². The highest BCUT2D eigenvalue weighted by atomic mass is 16.5. The summed E-state index contributed by atoms with van der Waals surface area (Å²) in [5.41, 5.74) is 9.89. The molecule has 1 fully saturated rings. The molecule has 49 heavy (non-hydrogen) atoms. The minimum atomic E-state index is -0.355. The van der Waals surface area contributed by atoms with Gasteiger partial charge >= 0.3 is 6.03 Å². The van der Waals surface area contributed by atoms with Crippen LogP contribution in [-0.4, -0.2) is 77.7 Å². The molecule has 1 aliphatic carbocycles. The summed E-state index contributed by atoms with van der Waals surface area (Å²) in [5, 5.41) is 18.9. The van der Waals surface area contributed by atoms with E-state index in [2.05, 4.69) is 27.8 Å². The van der Waals surface area contributed by atoms with Gasteiger partial charge in [-0.2, -0.15) is 0 Å². The van der Waals surface area contributed by atoms with Crippen LogP contribution in [0.25, 0.3) is 0 Å². The van der Waals surface area contributed by atoms with Crippen LogP contribution in [0.1, 0.15) is 67.4 Å². The molecule has 262 valence electrons. The van der Waals surface area contributed by atoms with E-state index in [-0.39, 0.29) is 55.0 Å². The first kappa shape index (κ1) is 35.7. The number of anilines is 3. The average Bonchev–Trinajstić information content (AvgIpc) is 3.13. The van der Waals surface area contributed by atoms with Crippen LogP contribution in [0.5, 0.6) is 5.75 Å². The number of carbonyl (C=O) groups is 3. The summed E-state index contributed by atoms with van der Waals surface area (Å²) < 4.78 is 6.67. The number of hydrogen-bond donors (Lipinski definition) is 5. The van der Waals surface area contributed by atoms with Crippen LogP contribution >= 0.6 is 0 Å². The number of benzene rings is 3. The number of ether oxygens (including phenoxy) is 1. The van der Waals surface area contributed by atoms with Gasteiger partial charge in [0.05, 0.1) is 30.4 Å². The quantitative estimate of drug-likeness (QED) is 0.185. The maximum Gasteiger partial charge on any atom is 0.319 e. The molecule has 3 aromatic rings. The van der Waals surface area contributed by atoms with Crippen molar-refractivity contribution in [3.05, 3.63) is 83.4 Å². The monoisotopic (exact) mass is 670 g/mol. The number of fused-ring (bicyclic) bond motifs is 1. The Labute approximate surface area is 289 Å². The van der Waals surface area contributed by atoms with E-state index in [0.29, 0.717) is 53.6 Å². The zero-order valence-corrected chi connectivity index (χ0v) is 28.8.